The Kier molecular flexibility index (Phi) is 6.07. The van der Waals surface area contributed by atoms with E-state index in [1.54, 1.807) is 17.6 Å². The molecule has 0 atom stereocenters. The van der Waals surface area contributed by atoms with E-state index in [0.717, 1.165) is 36.7 Å². The van der Waals surface area contributed by atoms with E-state index in [1.807, 2.05) is 30.3 Å². The van der Waals surface area contributed by atoms with E-state index in [-0.39, 0.29) is 6.61 Å². The molecule has 0 aliphatic rings. The molecule has 0 saturated heterocycles. The van der Waals surface area contributed by atoms with Crippen LogP contribution in [0.25, 0.3) is 0 Å². The number of thiophene rings is 1. The Morgan fingerprint density at radius 1 is 1.04 bits per heavy atom. The topological polar surface area (TPSA) is 45.8 Å². The molecule has 0 radical (unpaired) electrons. The zero-order valence-electron chi connectivity index (χ0n) is 13.4. The van der Waals surface area contributed by atoms with Crippen molar-refractivity contribution in [3.63, 3.8) is 0 Å². The number of hydrogen-bond donors (Lipinski definition) is 1. The lowest BCUT2D eigenvalue weighted by molar-refractivity contribution is 0.193. The Bertz CT molecular complexity index is 674. The molecule has 0 bridgehead atoms. The molecule has 2 aromatic heterocycles. The van der Waals surface area contributed by atoms with Crippen LogP contribution >= 0.6 is 11.3 Å². The van der Waals surface area contributed by atoms with E-state index in [4.69, 9.17) is 14.3 Å². The fraction of sp³-hybridized carbons (Fsp3) is 0.263. The van der Waals surface area contributed by atoms with Crippen molar-refractivity contribution >= 4 is 11.3 Å². The van der Waals surface area contributed by atoms with E-state index in [2.05, 4.69) is 27.8 Å². The summed E-state index contributed by atoms with van der Waals surface area (Å²) in [6.07, 6.45) is 1.70. The van der Waals surface area contributed by atoms with Crippen molar-refractivity contribution < 1.29 is 14.3 Å². The van der Waals surface area contributed by atoms with Crippen LogP contribution in [0, 0.1) is 0 Å². The van der Waals surface area contributed by atoms with Crippen LogP contribution in [0.4, 0.5) is 0 Å². The summed E-state index contributed by atoms with van der Waals surface area (Å²) in [5.74, 6) is 1.76. The molecular formula is C19H21NO3S. The van der Waals surface area contributed by atoms with E-state index in [0.29, 0.717) is 6.61 Å². The third-order valence-electron chi connectivity index (χ3n) is 3.66. The number of hydrogen-bond acceptors (Lipinski definition) is 5. The second-order valence-electron chi connectivity index (χ2n) is 5.54. The van der Waals surface area contributed by atoms with Crippen LogP contribution < -0.4 is 4.74 Å². The molecule has 0 aliphatic carbocycles. The predicted octanol–water partition coefficient (Wildman–Crippen LogP) is 3.91. The van der Waals surface area contributed by atoms with Crippen LogP contribution in [0.5, 0.6) is 5.75 Å². The Morgan fingerprint density at radius 3 is 2.71 bits per heavy atom. The minimum Gasteiger partial charge on any atom is -0.491 e. The second-order valence-corrected chi connectivity index (χ2v) is 6.32. The van der Waals surface area contributed by atoms with Gasteiger partial charge in [-0.15, -0.1) is 0 Å². The highest BCUT2D eigenvalue weighted by atomic mass is 32.1. The molecule has 0 spiro atoms. The number of ether oxygens (including phenoxy) is 1. The van der Waals surface area contributed by atoms with Crippen molar-refractivity contribution in [2.45, 2.75) is 19.6 Å². The molecule has 0 fully saturated rings. The summed E-state index contributed by atoms with van der Waals surface area (Å²) in [4.78, 5) is 2.32. The number of furan rings is 1. The average Bonchev–Trinajstić information content (AvgIpc) is 3.28. The number of benzene rings is 1. The minimum absolute atomic E-state index is 0.0132. The van der Waals surface area contributed by atoms with Crippen molar-refractivity contribution in [3.05, 3.63) is 76.4 Å². The van der Waals surface area contributed by atoms with Crippen molar-refractivity contribution in [1.29, 1.82) is 0 Å². The van der Waals surface area contributed by atoms with Gasteiger partial charge in [0.25, 0.3) is 0 Å². The zero-order valence-corrected chi connectivity index (χ0v) is 14.2. The van der Waals surface area contributed by atoms with Gasteiger partial charge >= 0.3 is 0 Å². The fourth-order valence-electron chi connectivity index (χ4n) is 2.60. The van der Waals surface area contributed by atoms with Crippen LogP contribution in [0.1, 0.15) is 16.9 Å². The normalized spacial score (nSPS) is 11.1. The summed E-state index contributed by atoms with van der Waals surface area (Å²) >= 11 is 1.71. The molecule has 5 heteroatoms. The van der Waals surface area contributed by atoms with E-state index < -0.39 is 0 Å². The molecule has 0 amide bonds. The SMILES string of the molecule is OCCOc1ccccc1CN(Cc1ccsc1)Cc1ccco1. The van der Waals surface area contributed by atoms with Crippen molar-refractivity contribution in [2.75, 3.05) is 13.2 Å². The van der Waals surface area contributed by atoms with Gasteiger partial charge in [-0.05, 0) is 40.6 Å². The lowest BCUT2D eigenvalue weighted by Crippen LogP contribution is -2.22. The van der Waals surface area contributed by atoms with E-state index >= 15 is 0 Å². The summed E-state index contributed by atoms with van der Waals surface area (Å²) in [5.41, 5.74) is 2.40. The van der Waals surface area contributed by atoms with Gasteiger partial charge in [0.05, 0.1) is 19.4 Å². The highest BCUT2D eigenvalue weighted by Gasteiger charge is 2.13. The van der Waals surface area contributed by atoms with Crippen LogP contribution in [-0.4, -0.2) is 23.2 Å². The molecule has 3 aromatic rings. The molecule has 126 valence electrons. The second kappa shape index (κ2) is 8.68. The van der Waals surface area contributed by atoms with Crippen LogP contribution in [0.2, 0.25) is 0 Å². The standard InChI is InChI=1S/C19H21NO3S/c21-8-10-23-19-6-2-1-4-17(19)13-20(12-16-7-11-24-15-16)14-18-5-3-9-22-18/h1-7,9,11,15,21H,8,10,12-14H2. The monoisotopic (exact) mass is 343 g/mol. The van der Waals surface area contributed by atoms with Gasteiger partial charge in [0, 0.05) is 18.7 Å². The molecule has 1 aromatic carbocycles. The van der Waals surface area contributed by atoms with E-state index in [9.17, 15) is 0 Å². The lowest BCUT2D eigenvalue weighted by atomic mass is 10.1. The maximum Gasteiger partial charge on any atom is 0.123 e. The number of rotatable bonds is 9. The fourth-order valence-corrected chi connectivity index (χ4v) is 3.26. The zero-order chi connectivity index (χ0) is 16.6. The first-order valence-corrected chi connectivity index (χ1v) is 8.87. The van der Waals surface area contributed by atoms with Crippen molar-refractivity contribution in [3.8, 4) is 5.75 Å². The number of aliphatic hydroxyl groups is 1. The third-order valence-corrected chi connectivity index (χ3v) is 4.39. The molecule has 3 rings (SSSR count). The van der Waals surface area contributed by atoms with Crippen LogP contribution in [0.15, 0.2) is 63.9 Å². The van der Waals surface area contributed by atoms with Gasteiger partial charge < -0.3 is 14.3 Å². The average molecular weight is 343 g/mol. The summed E-state index contributed by atoms with van der Waals surface area (Å²) in [6, 6.07) is 14.0. The molecule has 24 heavy (non-hydrogen) atoms. The maximum atomic E-state index is 9.00. The Balaban J connectivity index is 1.75. The van der Waals surface area contributed by atoms with Crippen molar-refractivity contribution in [2.24, 2.45) is 0 Å². The summed E-state index contributed by atoms with van der Waals surface area (Å²) in [7, 11) is 0. The van der Waals surface area contributed by atoms with Crippen LogP contribution in [0.3, 0.4) is 0 Å². The Morgan fingerprint density at radius 2 is 1.96 bits per heavy atom. The van der Waals surface area contributed by atoms with Gasteiger partial charge in [-0.1, -0.05) is 18.2 Å². The van der Waals surface area contributed by atoms with Gasteiger partial charge in [-0.3, -0.25) is 4.90 Å². The molecule has 0 saturated carbocycles. The number of para-hydroxylation sites is 1. The molecule has 2 heterocycles. The summed E-state index contributed by atoms with van der Waals surface area (Å²) in [6.45, 7) is 2.65. The molecular weight excluding hydrogens is 322 g/mol. The molecule has 1 N–H and O–H groups in total. The minimum atomic E-state index is 0.0132. The van der Waals surface area contributed by atoms with Crippen molar-refractivity contribution in [1.82, 2.24) is 4.90 Å². The lowest BCUT2D eigenvalue weighted by Gasteiger charge is -2.22. The highest BCUT2D eigenvalue weighted by Crippen LogP contribution is 2.22. The first kappa shape index (κ1) is 16.8. The maximum absolute atomic E-state index is 9.00. The van der Waals surface area contributed by atoms with Gasteiger partial charge in [0.15, 0.2) is 0 Å². The molecule has 4 nitrogen and oxygen atoms in total. The Labute approximate surface area is 145 Å². The Hall–Kier alpha value is -2.08. The molecule has 0 unspecified atom stereocenters. The molecule has 0 aliphatic heterocycles. The van der Waals surface area contributed by atoms with Gasteiger partial charge in [-0.25, -0.2) is 0 Å². The quantitative estimate of drug-likeness (QED) is 0.640. The predicted molar refractivity (Wildman–Crippen MR) is 95.0 cm³/mol. The first-order chi connectivity index (χ1) is 11.8. The highest BCUT2D eigenvalue weighted by molar-refractivity contribution is 7.07. The van der Waals surface area contributed by atoms with Gasteiger partial charge in [0.1, 0.15) is 18.1 Å². The van der Waals surface area contributed by atoms with E-state index in [1.165, 1.54) is 5.56 Å². The van der Waals surface area contributed by atoms with Gasteiger partial charge in [-0.2, -0.15) is 11.3 Å². The first-order valence-electron chi connectivity index (χ1n) is 7.92. The summed E-state index contributed by atoms with van der Waals surface area (Å²) < 4.78 is 11.2. The van der Waals surface area contributed by atoms with Gasteiger partial charge in [0.2, 0.25) is 0 Å². The van der Waals surface area contributed by atoms with Crippen LogP contribution in [-0.2, 0) is 19.6 Å². The largest absolute Gasteiger partial charge is 0.491 e. The number of nitrogens with zero attached hydrogens (tertiary/aromatic N) is 1. The number of aliphatic hydroxyl groups excluding tert-OH is 1. The smallest absolute Gasteiger partial charge is 0.123 e. The third kappa shape index (κ3) is 4.71. The summed E-state index contributed by atoms with van der Waals surface area (Å²) in [5, 5.41) is 13.3.